The molecule has 0 atom stereocenters. The van der Waals surface area contributed by atoms with Crippen molar-refractivity contribution in [2.24, 2.45) is 0 Å². The van der Waals surface area contributed by atoms with Crippen LogP contribution in [0.25, 0.3) is 0 Å². The smallest absolute Gasteiger partial charge is 0.101 e. The van der Waals surface area contributed by atoms with E-state index in [1.807, 2.05) is 12.1 Å². The highest BCUT2D eigenvalue weighted by Crippen LogP contribution is 2.19. The third-order valence-corrected chi connectivity index (χ3v) is 2.64. The Morgan fingerprint density at radius 1 is 1.40 bits per heavy atom. The molecule has 0 aromatic heterocycles. The van der Waals surface area contributed by atoms with Crippen LogP contribution in [-0.4, -0.2) is 26.2 Å². The van der Waals surface area contributed by atoms with Crippen LogP contribution >= 0.6 is 0 Å². The molecule has 3 heteroatoms. The first-order valence-electron chi connectivity index (χ1n) is 5.27. The maximum absolute atomic E-state index is 9.01. The summed E-state index contributed by atoms with van der Waals surface area (Å²) in [5.74, 6) is 0. The maximum Gasteiger partial charge on any atom is 0.101 e. The van der Waals surface area contributed by atoms with Gasteiger partial charge in [0.05, 0.1) is 11.3 Å². The third-order valence-electron chi connectivity index (χ3n) is 2.64. The Kier molecular flexibility index (Phi) is 3.21. The van der Waals surface area contributed by atoms with Crippen molar-refractivity contribution in [3.8, 4) is 6.07 Å². The van der Waals surface area contributed by atoms with E-state index in [1.165, 1.54) is 0 Å². The Hall–Kier alpha value is -1.53. The number of nitrogens with one attached hydrogen (secondary N) is 1. The predicted octanol–water partition coefficient (Wildman–Crippen LogP) is 1.16. The molecule has 1 radical (unpaired) electrons. The summed E-state index contributed by atoms with van der Waals surface area (Å²) in [4.78, 5) is 2.27. The highest BCUT2D eigenvalue weighted by atomic mass is 15.2. The first-order valence-corrected chi connectivity index (χ1v) is 5.27. The zero-order valence-corrected chi connectivity index (χ0v) is 8.66. The minimum absolute atomic E-state index is 0.722. The molecule has 1 aliphatic rings. The highest BCUT2D eigenvalue weighted by Gasteiger charge is 2.12. The molecule has 0 bridgehead atoms. The number of rotatable bonds is 1. The van der Waals surface area contributed by atoms with Crippen molar-refractivity contribution in [3.63, 3.8) is 0 Å². The van der Waals surface area contributed by atoms with Crippen LogP contribution in [0.5, 0.6) is 0 Å². The molecule has 15 heavy (non-hydrogen) atoms. The van der Waals surface area contributed by atoms with Crippen LogP contribution in [0.3, 0.4) is 0 Å². The number of hydrogen-bond donors (Lipinski definition) is 1. The van der Waals surface area contributed by atoms with Crippen LogP contribution in [-0.2, 0) is 0 Å². The van der Waals surface area contributed by atoms with Gasteiger partial charge in [-0.15, -0.1) is 0 Å². The van der Waals surface area contributed by atoms with Crippen molar-refractivity contribution in [2.75, 3.05) is 31.1 Å². The number of nitrogens with zero attached hydrogens (tertiary/aromatic N) is 2. The first-order chi connectivity index (χ1) is 7.42. The summed E-state index contributed by atoms with van der Waals surface area (Å²) < 4.78 is 0. The van der Waals surface area contributed by atoms with Crippen LogP contribution in [0, 0.1) is 17.4 Å². The van der Waals surface area contributed by atoms with Gasteiger partial charge in [0.15, 0.2) is 0 Å². The van der Waals surface area contributed by atoms with Crippen LogP contribution < -0.4 is 10.2 Å². The summed E-state index contributed by atoms with van der Waals surface area (Å²) in [6.07, 6.45) is 1.13. The van der Waals surface area contributed by atoms with Gasteiger partial charge in [-0.2, -0.15) is 5.26 Å². The molecule has 1 heterocycles. The molecule has 1 aromatic rings. The lowest BCUT2D eigenvalue weighted by atomic mass is 10.1. The van der Waals surface area contributed by atoms with Crippen molar-refractivity contribution >= 4 is 5.69 Å². The van der Waals surface area contributed by atoms with Gasteiger partial charge in [0.1, 0.15) is 6.07 Å². The van der Waals surface area contributed by atoms with Gasteiger partial charge in [-0.25, -0.2) is 0 Å². The van der Waals surface area contributed by atoms with Gasteiger partial charge in [0.25, 0.3) is 0 Å². The topological polar surface area (TPSA) is 39.1 Å². The van der Waals surface area contributed by atoms with Crippen molar-refractivity contribution in [1.29, 1.82) is 5.26 Å². The van der Waals surface area contributed by atoms with Gasteiger partial charge in [-0.05, 0) is 31.2 Å². The Bertz CT molecular complexity index is 359. The Balaban J connectivity index is 2.23. The SMILES string of the molecule is N#Cc1c[c]ccc1N1CCCNCC1. The second kappa shape index (κ2) is 4.81. The minimum Gasteiger partial charge on any atom is -0.369 e. The number of nitriles is 1. The molecule has 1 aliphatic heterocycles. The standard InChI is InChI=1S/C12H14N3/c13-10-11-4-1-2-5-12(11)15-8-3-6-14-7-9-15/h2,4-5,14H,3,6-9H2. The van der Waals surface area contributed by atoms with E-state index < -0.39 is 0 Å². The molecule has 1 aromatic carbocycles. The van der Waals surface area contributed by atoms with Gasteiger partial charge in [-0.3, -0.25) is 0 Å². The fourth-order valence-electron chi connectivity index (χ4n) is 1.87. The molecule has 0 spiro atoms. The van der Waals surface area contributed by atoms with Crippen LogP contribution in [0.1, 0.15) is 12.0 Å². The molecule has 0 saturated carbocycles. The molecule has 0 aliphatic carbocycles. The molecule has 3 nitrogen and oxygen atoms in total. The zero-order chi connectivity index (χ0) is 10.5. The van der Waals surface area contributed by atoms with Crippen molar-refractivity contribution in [3.05, 3.63) is 29.8 Å². The van der Waals surface area contributed by atoms with Crippen molar-refractivity contribution in [2.45, 2.75) is 6.42 Å². The average molecular weight is 200 g/mol. The number of anilines is 1. The fraction of sp³-hybridized carbons (Fsp3) is 0.417. The van der Waals surface area contributed by atoms with Gasteiger partial charge in [0, 0.05) is 19.6 Å². The average Bonchev–Trinajstić information content (AvgIpc) is 2.57. The molecule has 2 rings (SSSR count). The van der Waals surface area contributed by atoms with E-state index in [0.29, 0.717) is 0 Å². The van der Waals surface area contributed by atoms with E-state index in [-0.39, 0.29) is 0 Å². The lowest BCUT2D eigenvalue weighted by Crippen LogP contribution is -2.28. The summed E-state index contributed by atoms with van der Waals surface area (Å²) in [7, 11) is 0. The largest absolute Gasteiger partial charge is 0.369 e. The van der Waals surface area contributed by atoms with Crippen LogP contribution in [0.15, 0.2) is 18.2 Å². The Labute approximate surface area is 90.3 Å². The monoisotopic (exact) mass is 200 g/mol. The lowest BCUT2D eigenvalue weighted by Gasteiger charge is -2.23. The summed E-state index contributed by atoms with van der Waals surface area (Å²) in [5, 5.41) is 12.4. The second-order valence-electron chi connectivity index (χ2n) is 3.65. The molecule has 1 fully saturated rings. The molecule has 1 N–H and O–H groups in total. The zero-order valence-electron chi connectivity index (χ0n) is 8.66. The summed E-state index contributed by atoms with van der Waals surface area (Å²) in [6, 6.07) is 10.8. The fourth-order valence-corrected chi connectivity index (χ4v) is 1.87. The van der Waals surface area contributed by atoms with Gasteiger partial charge in [0.2, 0.25) is 0 Å². The summed E-state index contributed by atoms with van der Waals surface area (Å²) in [5.41, 5.74) is 1.76. The van der Waals surface area contributed by atoms with E-state index >= 15 is 0 Å². The third kappa shape index (κ3) is 2.28. The van der Waals surface area contributed by atoms with Gasteiger partial charge in [-0.1, -0.05) is 6.07 Å². The van der Waals surface area contributed by atoms with Crippen molar-refractivity contribution < 1.29 is 0 Å². The van der Waals surface area contributed by atoms with E-state index in [4.69, 9.17) is 5.26 Å². The lowest BCUT2D eigenvalue weighted by molar-refractivity contribution is 0.724. The molecule has 0 unspecified atom stereocenters. The van der Waals surface area contributed by atoms with Gasteiger partial charge >= 0.3 is 0 Å². The number of benzene rings is 1. The highest BCUT2D eigenvalue weighted by molar-refractivity contribution is 5.59. The van der Waals surface area contributed by atoms with E-state index in [1.54, 1.807) is 6.07 Å². The molecule has 0 amide bonds. The quantitative estimate of drug-likeness (QED) is 0.739. The Morgan fingerprint density at radius 2 is 2.33 bits per heavy atom. The number of hydrogen-bond acceptors (Lipinski definition) is 3. The minimum atomic E-state index is 0.722. The molecule has 77 valence electrons. The maximum atomic E-state index is 9.01. The molecule has 1 saturated heterocycles. The van der Waals surface area contributed by atoms with E-state index in [2.05, 4.69) is 22.4 Å². The van der Waals surface area contributed by atoms with Crippen molar-refractivity contribution in [1.82, 2.24) is 5.32 Å². The van der Waals surface area contributed by atoms with Crippen LogP contribution in [0.4, 0.5) is 5.69 Å². The summed E-state index contributed by atoms with van der Waals surface area (Å²) in [6.45, 7) is 4.05. The summed E-state index contributed by atoms with van der Waals surface area (Å²) >= 11 is 0. The first kappa shape index (κ1) is 10.0. The molecular formula is C12H14N3. The van der Waals surface area contributed by atoms with Gasteiger partial charge < -0.3 is 10.2 Å². The van der Waals surface area contributed by atoms with E-state index in [0.717, 1.165) is 43.9 Å². The second-order valence-corrected chi connectivity index (χ2v) is 3.65. The predicted molar refractivity (Wildman–Crippen MR) is 59.7 cm³/mol. The Morgan fingerprint density at radius 3 is 3.20 bits per heavy atom. The molecular weight excluding hydrogens is 186 g/mol. The van der Waals surface area contributed by atoms with E-state index in [9.17, 15) is 0 Å². The van der Waals surface area contributed by atoms with Crippen LogP contribution in [0.2, 0.25) is 0 Å². The normalized spacial score (nSPS) is 16.9.